The maximum atomic E-state index is 12.4. The van der Waals surface area contributed by atoms with E-state index < -0.39 is 9.84 Å². The molecular formula is C19H26N4O4S2. The number of anilines is 1. The summed E-state index contributed by atoms with van der Waals surface area (Å²) >= 11 is 1.47. The molecule has 2 saturated heterocycles. The second-order valence-corrected chi connectivity index (χ2v) is 10.9. The van der Waals surface area contributed by atoms with Gasteiger partial charge in [-0.25, -0.2) is 8.42 Å². The maximum Gasteiger partial charge on any atom is 0.251 e. The normalized spacial score (nSPS) is 26.0. The molecule has 10 heteroatoms. The highest BCUT2D eigenvalue weighted by Gasteiger charge is 2.42. The minimum Gasteiger partial charge on any atom is -0.379 e. The molecule has 1 aromatic carbocycles. The minimum atomic E-state index is -2.96. The van der Waals surface area contributed by atoms with E-state index in [2.05, 4.69) is 20.5 Å². The van der Waals surface area contributed by atoms with Crippen molar-refractivity contribution in [3.63, 3.8) is 0 Å². The van der Waals surface area contributed by atoms with Crippen LogP contribution in [0.25, 0.3) is 0 Å². The molecule has 3 aliphatic rings. The summed E-state index contributed by atoms with van der Waals surface area (Å²) in [5.41, 5.74) is 1.37. The molecule has 0 radical (unpaired) electrons. The molecule has 0 unspecified atom stereocenters. The highest BCUT2D eigenvalue weighted by atomic mass is 32.2. The molecule has 3 heterocycles. The first-order chi connectivity index (χ1) is 14.0. The number of hydrogen-bond acceptors (Lipinski definition) is 8. The topological polar surface area (TPSA) is 100 Å². The summed E-state index contributed by atoms with van der Waals surface area (Å²) in [4.78, 5) is 19.3. The Morgan fingerprint density at radius 2 is 2.10 bits per heavy atom. The number of nitrogens with one attached hydrogen (secondary N) is 2. The smallest absolute Gasteiger partial charge is 0.251 e. The first kappa shape index (κ1) is 20.6. The number of ether oxygens (including phenoxy) is 1. The Morgan fingerprint density at radius 3 is 2.90 bits per heavy atom. The number of nitrogens with zero attached hydrogens (tertiary/aromatic N) is 2. The lowest BCUT2D eigenvalue weighted by Gasteiger charge is -2.26. The maximum absolute atomic E-state index is 12.4. The molecule has 2 N–H and O–H groups in total. The third-order valence-corrected chi connectivity index (χ3v) is 8.38. The van der Waals surface area contributed by atoms with Gasteiger partial charge in [-0.3, -0.25) is 14.7 Å². The van der Waals surface area contributed by atoms with E-state index in [1.54, 1.807) is 12.1 Å². The zero-order valence-corrected chi connectivity index (χ0v) is 17.8. The van der Waals surface area contributed by atoms with Crippen LogP contribution in [0.4, 0.5) is 5.69 Å². The van der Waals surface area contributed by atoms with Crippen molar-refractivity contribution in [3.8, 4) is 0 Å². The lowest BCUT2D eigenvalue weighted by Crippen LogP contribution is -2.38. The van der Waals surface area contributed by atoms with Crippen molar-refractivity contribution in [3.05, 3.63) is 29.8 Å². The van der Waals surface area contributed by atoms with Gasteiger partial charge in [0.1, 0.15) is 0 Å². The van der Waals surface area contributed by atoms with Gasteiger partial charge in [0.15, 0.2) is 15.0 Å². The van der Waals surface area contributed by atoms with E-state index in [0.29, 0.717) is 12.1 Å². The first-order valence-corrected chi connectivity index (χ1v) is 12.6. The third-order valence-electron chi connectivity index (χ3n) is 5.23. The summed E-state index contributed by atoms with van der Waals surface area (Å²) in [7, 11) is -2.96. The van der Waals surface area contributed by atoms with E-state index >= 15 is 0 Å². The molecule has 29 heavy (non-hydrogen) atoms. The Balaban J connectivity index is 1.25. The molecule has 1 amide bonds. The Morgan fingerprint density at radius 1 is 1.28 bits per heavy atom. The molecular weight excluding hydrogens is 412 g/mol. The van der Waals surface area contributed by atoms with Crippen LogP contribution in [-0.4, -0.2) is 86.6 Å². The van der Waals surface area contributed by atoms with Crippen LogP contribution >= 0.6 is 11.8 Å². The van der Waals surface area contributed by atoms with Crippen molar-refractivity contribution in [2.75, 3.05) is 56.2 Å². The van der Waals surface area contributed by atoms with Crippen molar-refractivity contribution < 1.29 is 17.9 Å². The summed E-state index contributed by atoms with van der Waals surface area (Å²) in [5, 5.41) is 6.92. The van der Waals surface area contributed by atoms with Gasteiger partial charge in [0.2, 0.25) is 0 Å². The largest absolute Gasteiger partial charge is 0.379 e. The van der Waals surface area contributed by atoms with Crippen LogP contribution in [0.5, 0.6) is 0 Å². The fourth-order valence-electron chi connectivity index (χ4n) is 3.71. The molecule has 0 saturated carbocycles. The number of morpholine rings is 1. The number of hydrogen-bond donors (Lipinski definition) is 2. The number of carbonyl (C=O) groups is 1. The van der Waals surface area contributed by atoms with Crippen LogP contribution < -0.4 is 10.6 Å². The molecule has 0 spiro atoms. The fourth-order valence-corrected chi connectivity index (χ4v) is 7.39. The molecule has 2 fully saturated rings. The van der Waals surface area contributed by atoms with Crippen LogP contribution in [0, 0.1) is 0 Å². The summed E-state index contributed by atoms with van der Waals surface area (Å²) in [6.45, 7) is 5.07. The van der Waals surface area contributed by atoms with Gasteiger partial charge in [0.25, 0.3) is 5.91 Å². The lowest BCUT2D eigenvalue weighted by molar-refractivity contribution is 0.0374. The first-order valence-electron chi connectivity index (χ1n) is 9.89. The van der Waals surface area contributed by atoms with E-state index in [4.69, 9.17) is 4.74 Å². The zero-order chi connectivity index (χ0) is 20.3. The van der Waals surface area contributed by atoms with Crippen LogP contribution in [0.2, 0.25) is 0 Å². The second-order valence-electron chi connectivity index (χ2n) is 7.50. The van der Waals surface area contributed by atoms with E-state index in [0.717, 1.165) is 50.1 Å². The van der Waals surface area contributed by atoms with E-state index in [1.807, 2.05) is 12.1 Å². The monoisotopic (exact) mass is 438 g/mol. The molecule has 8 nitrogen and oxygen atoms in total. The van der Waals surface area contributed by atoms with Crippen molar-refractivity contribution in [1.82, 2.24) is 10.2 Å². The highest BCUT2D eigenvalue weighted by Crippen LogP contribution is 2.34. The predicted octanol–water partition coefficient (Wildman–Crippen LogP) is 0.819. The van der Waals surface area contributed by atoms with Gasteiger partial charge in [-0.05, 0) is 31.2 Å². The lowest BCUT2D eigenvalue weighted by atomic mass is 10.2. The average Bonchev–Trinajstić information content (AvgIpc) is 3.18. The standard InChI is InChI=1S/C19H26N4O4S2/c24-18(20-5-2-6-23-7-9-27-10-8-23)14-3-1-4-15(11-14)21-19-22-16-12-29(25,26)13-17(16)28-19/h1,3-4,11,16-17H,2,5-10,12-13H2,(H,20,24)(H,21,22)/t16-,17+/m1/s1. The summed E-state index contributed by atoms with van der Waals surface area (Å²) in [5.74, 6) is 0.215. The van der Waals surface area contributed by atoms with Crippen molar-refractivity contribution >= 4 is 38.4 Å². The van der Waals surface area contributed by atoms with Gasteiger partial charge >= 0.3 is 0 Å². The van der Waals surface area contributed by atoms with E-state index in [9.17, 15) is 13.2 Å². The molecule has 3 aliphatic heterocycles. The number of aliphatic imine (C=N–C) groups is 1. The third kappa shape index (κ3) is 5.50. The zero-order valence-electron chi connectivity index (χ0n) is 16.2. The average molecular weight is 439 g/mol. The minimum absolute atomic E-state index is 0.000415. The van der Waals surface area contributed by atoms with Gasteiger partial charge in [0, 0.05) is 36.1 Å². The van der Waals surface area contributed by atoms with Gasteiger partial charge in [-0.1, -0.05) is 17.8 Å². The second kappa shape index (κ2) is 9.03. The number of sulfone groups is 1. The Bertz CT molecular complexity index is 884. The van der Waals surface area contributed by atoms with Crippen molar-refractivity contribution in [2.45, 2.75) is 17.7 Å². The highest BCUT2D eigenvalue weighted by molar-refractivity contribution is 8.15. The fraction of sp³-hybridized carbons (Fsp3) is 0.579. The number of carbonyl (C=O) groups excluding carboxylic acids is 1. The van der Waals surface area contributed by atoms with Gasteiger partial charge < -0.3 is 15.4 Å². The van der Waals surface area contributed by atoms with E-state index in [1.165, 1.54) is 11.8 Å². The number of fused-ring (bicyclic) bond motifs is 1. The number of rotatable bonds is 6. The van der Waals surface area contributed by atoms with Gasteiger partial charge in [-0.15, -0.1) is 0 Å². The van der Waals surface area contributed by atoms with Gasteiger partial charge in [0.05, 0.1) is 30.8 Å². The van der Waals surface area contributed by atoms with Crippen molar-refractivity contribution in [2.24, 2.45) is 4.99 Å². The van der Waals surface area contributed by atoms with Crippen LogP contribution in [0.15, 0.2) is 29.3 Å². The molecule has 0 aliphatic carbocycles. The SMILES string of the molecule is O=C(NCCCN1CCOCC1)c1cccc(NC2=N[C@@H]3CS(=O)(=O)C[C@@H]3S2)c1. The summed E-state index contributed by atoms with van der Waals surface area (Å²) < 4.78 is 28.7. The number of thioether (sulfide) groups is 1. The number of amidine groups is 1. The molecule has 4 rings (SSSR count). The number of benzene rings is 1. The Kier molecular flexibility index (Phi) is 6.43. The van der Waals surface area contributed by atoms with Crippen LogP contribution in [0.3, 0.4) is 0 Å². The molecule has 0 bridgehead atoms. The number of amides is 1. The van der Waals surface area contributed by atoms with Crippen molar-refractivity contribution in [1.29, 1.82) is 0 Å². The predicted molar refractivity (Wildman–Crippen MR) is 116 cm³/mol. The molecule has 2 atom stereocenters. The van der Waals surface area contributed by atoms with Crippen LogP contribution in [0.1, 0.15) is 16.8 Å². The molecule has 1 aromatic rings. The summed E-state index contributed by atoms with van der Waals surface area (Å²) in [6.07, 6.45) is 0.906. The van der Waals surface area contributed by atoms with Gasteiger partial charge in [-0.2, -0.15) is 0 Å². The van der Waals surface area contributed by atoms with E-state index in [-0.39, 0.29) is 28.7 Å². The van der Waals surface area contributed by atoms with Crippen LogP contribution in [-0.2, 0) is 14.6 Å². The quantitative estimate of drug-likeness (QED) is 0.634. The molecule has 158 valence electrons. The Labute approximate surface area is 175 Å². The summed E-state index contributed by atoms with van der Waals surface area (Å²) in [6, 6.07) is 7.13. The Hall–Kier alpha value is -1.62. The molecule has 0 aromatic heterocycles.